The second-order valence-electron chi connectivity index (χ2n) is 5.78. The van der Waals surface area contributed by atoms with Crippen molar-refractivity contribution >= 4 is 29.0 Å². The van der Waals surface area contributed by atoms with Crippen LogP contribution in [0.3, 0.4) is 0 Å². The van der Waals surface area contributed by atoms with Gasteiger partial charge in [0.05, 0.1) is 6.54 Å². The van der Waals surface area contributed by atoms with Crippen LogP contribution in [0.25, 0.3) is 0 Å². The number of benzene rings is 1. The summed E-state index contributed by atoms with van der Waals surface area (Å²) in [6.45, 7) is 3.64. The molecule has 130 valence electrons. The van der Waals surface area contributed by atoms with E-state index >= 15 is 0 Å². The van der Waals surface area contributed by atoms with Crippen molar-refractivity contribution in [2.24, 2.45) is 0 Å². The zero-order valence-corrected chi connectivity index (χ0v) is 16.1. The molecule has 0 aliphatic heterocycles. The molecule has 7 heteroatoms. The van der Waals surface area contributed by atoms with Gasteiger partial charge in [0.15, 0.2) is 0 Å². The Hall–Kier alpha value is -1.57. The molecular weight excluding hydrogens is 342 g/mol. The maximum absolute atomic E-state index is 12.3. The lowest BCUT2D eigenvalue weighted by atomic mass is 10.2. The first-order valence-corrected chi connectivity index (χ1v) is 9.72. The van der Waals surface area contributed by atoms with Crippen LogP contribution in [0.1, 0.15) is 20.9 Å². The quantitative estimate of drug-likeness (QED) is 0.765. The number of likely N-dealkylation sites (N-methyl/N-ethyl adjacent to an activating group) is 1. The van der Waals surface area contributed by atoms with Crippen LogP contribution in [0.4, 0.5) is 0 Å². The number of thiazole rings is 1. The van der Waals surface area contributed by atoms with E-state index < -0.39 is 0 Å². The van der Waals surface area contributed by atoms with Crippen LogP contribution in [-0.4, -0.2) is 48.8 Å². The Labute approximate surface area is 150 Å². The van der Waals surface area contributed by atoms with Crippen molar-refractivity contribution in [2.45, 2.75) is 18.4 Å². The number of carbonyl (C=O) groups is 1. The fraction of sp³-hybridized carbons (Fsp3) is 0.412. The first-order valence-electron chi connectivity index (χ1n) is 7.68. The number of carbonyl (C=O) groups excluding carboxylic acids is 1. The van der Waals surface area contributed by atoms with Gasteiger partial charge in [0.2, 0.25) is 0 Å². The third kappa shape index (κ3) is 4.72. The van der Waals surface area contributed by atoms with Gasteiger partial charge in [-0.2, -0.15) is 0 Å². The summed E-state index contributed by atoms with van der Waals surface area (Å²) >= 11 is 2.70. The fourth-order valence-electron chi connectivity index (χ4n) is 2.26. The highest BCUT2D eigenvalue weighted by Gasteiger charge is 2.17. The molecule has 1 heterocycles. The Morgan fingerprint density at radius 2 is 1.96 bits per heavy atom. The molecule has 0 fully saturated rings. The Morgan fingerprint density at radius 3 is 2.54 bits per heavy atom. The second kappa shape index (κ2) is 8.50. The predicted octanol–water partition coefficient (Wildman–Crippen LogP) is 2.28. The summed E-state index contributed by atoms with van der Waals surface area (Å²) in [5.74, 6) is -0.173. The normalized spacial score (nSPS) is 11.0. The van der Waals surface area contributed by atoms with Crippen LogP contribution >= 0.6 is 23.1 Å². The molecule has 0 spiro atoms. The van der Waals surface area contributed by atoms with Gasteiger partial charge >= 0.3 is 4.87 Å². The molecule has 1 N–H and O–H groups in total. The van der Waals surface area contributed by atoms with Crippen LogP contribution in [0.5, 0.6) is 0 Å². The van der Waals surface area contributed by atoms with E-state index in [4.69, 9.17) is 0 Å². The van der Waals surface area contributed by atoms with E-state index in [0.717, 1.165) is 29.1 Å². The first-order chi connectivity index (χ1) is 11.4. The summed E-state index contributed by atoms with van der Waals surface area (Å²) in [4.78, 5) is 28.1. The van der Waals surface area contributed by atoms with E-state index in [1.54, 1.807) is 16.3 Å². The third-order valence-electron chi connectivity index (χ3n) is 3.69. The summed E-state index contributed by atoms with van der Waals surface area (Å²) in [7, 11) is 3.91. The van der Waals surface area contributed by atoms with Gasteiger partial charge in [-0.1, -0.05) is 23.5 Å². The Bertz CT molecular complexity index is 748. The van der Waals surface area contributed by atoms with Crippen molar-refractivity contribution in [3.63, 3.8) is 0 Å². The second-order valence-corrected chi connectivity index (χ2v) is 7.62. The maximum atomic E-state index is 12.3. The SMILES string of the molecule is CSc1ccc(Cn2c(C)c(C(=O)NCCN(C)C)sc2=O)cc1. The summed E-state index contributed by atoms with van der Waals surface area (Å²) < 4.78 is 1.67. The zero-order chi connectivity index (χ0) is 17.7. The molecule has 0 atom stereocenters. The van der Waals surface area contributed by atoms with Crippen molar-refractivity contribution in [3.8, 4) is 0 Å². The molecule has 24 heavy (non-hydrogen) atoms. The van der Waals surface area contributed by atoms with Gasteiger partial charge in [0.25, 0.3) is 5.91 Å². The largest absolute Gasteiger partial charge is 0.350 e. The summed E-state index contributed by atoms with van der Waals surface area (Å²) in [6, 6.07) is 8.13. The minimum atomic E-state index is -0.173. The fourth-order valence-corrected chi connectivity index (χ4v) is 3.57. The highest BCUT2D eigenvalue weighted by molar-refractivity contribution is 7.98. The molecule has 0 aliphatic carbocycles. The van der Waals surface area contributed by atoms with Crippen LogP contribution in [0.2, 0.25) is 0 Å². The highest BCUT2D eigenvalue weighted by Crippen LogP contribution is 2.17. The van der Waals surface area contributed by atoms with Crippen LogP contribution in [0.15, 0.2) is 34.0 Å². The maximum Gasteiger partial charge on any atom is 0.308 e. The number of rotatable bonds is 7. The average molecular weight is 366 g/mol. The van der Waals surface area contributed by atoms with E-state index in [2.05, 4.69) is 5.32 Å². The number of amides is 1. The van der Waals surface area contributed by atoms with Gasteiger partial charge < -0.3 is 10.2 Å². The number of aromatic nitrogens is 1. The Kier molecular flexibility index (Phi) is 6.65. The van der Waals surface area contributed by atoms with Crippen LogP contribution in [0, 0.1) is 6.92 Å². The Balaban J connectivity index is 2.13. The standard InChI is InChI=1S/C17H23N3O2S2/c1-12-15(16(21)18-9-10-19(2)3)24-17(22)20(12)11-13-5-7-14(23-4)8-6-13/h5-8H,9-11H2,1-4H3,(H,18,21). The molecule has 0 aliphatic rings. The molecule has 0 bridgehead atoms. The van der Waals surface area contributed by atoms with Crippen molar-refractivity contribution in [1.82, 2.24) is 14.8 Å². The van der Waals surface area contributed by atoms with E-state index in [1.807, 2.05) is 56.4 Å². The van der Waals surface area contributed by atoms with Gasteiger partial charge in [-0.25, -0.2) is 0 Å². The number of thioether (sulfide) groups is 1. The summed E-state index contributed by atoms with van der Waals surface area (Å²) in [6.07, 6.45) is 2.03. The van der Waals surface area contributed by atoms with Gasteiger partial charge in [0.1, 0.15) is 4.88 Å². The van der Waals surface area contributed by atoms with Crippen LogP contribution < -0.4 is 10.2 Å². The van der Waals surface area contributed by atoms with Crippen LogP contribution in [-0.2, 0) is 6.54 Å². The highest BCUT2D eigenvalue weighted by atomic mass is 32.2. The zero-order valence-electron chi connectivity index (χ0n) is 14.5. The third-order valence-corrected chi connectivity index (χ3v) is 5.52. The number of nitrogens with one attached hydrogen (secondary N) is 1. The van der Waals surface area contributed by atoms with Crippen molar-refractivity contribution in [2.75, 3.05) is 33.4 Å². The van der Waals surface area contributed by atoms with Gasteiger partial charge in [-0.3, -0.25) is 14.2 Å². The molecule has 2 aromatic rings. The lowest BCUT2D eigenvalue weighted by Gasteiger charge is -2.10. The number of hydrogen-bond donors (Lipinski definition) is 1. The minimum absolute atomic E-state index is 0.0980. The summed E-state index contributed by atoms with van der Waals surface area (Å²) in [5, 5.41) is 2.87. The molecule has 0 saturated carbocycles. The lowest BCUT2D eigenvalue weighted by molar-refractivity contribution is 0.0954. The van der Waals surface area contributed by atoms with Crippen molar-refractivity contribution in [1.29, 1.82) is 0 Å². The molecule has 0 unspecified atom stereocenters. The average Bonchev–Trinajstić information content (AvgIpc) is 2.83. The number of nitrogens with zero attached hydrogens (tertiary/aromatic N) is 2. The van der Waals surface area contributed by atoms with E-state index in [0.29, 0.717) is 18.0 Å². The molecule has 1 aromatic carbocycles. The molecule has 5 nitrogen and oxygen atoms in total. The lowest BCUT2D eigenvalue weighted by Crippen LogP contribution is -2.31. The predicted molar refractivity (Wildman–Crippen MR) is 102 cm³/mol. The Morgan fingerprint density at radius 1 is 1.29 bits per heavy atom. The van der Waals surface area contributed by atoms with E-state index in [-0.39, 0.29) is 10.8 Å². The molecule has 0 saturated heterocycles. The minimum Gasteiger partial charge on any atom is -0.350 e. The van der Waals surface area contributed by atoms with Gasteiger partial charge in [-0.05, 0) is 45.0 Å². The summed E-state index contributed by atoms with van der Waals surface area (Å²) in [5.41, 5.74) is 1.77. The topological polar surface area (TPSA) is 54.3 Å². The molecule has 1 aromatic heterocycles. The molecule has 2 rings (SSSR count). The molecule has 0 radical (unpaired) electrons. The molecular formula is C17H23N3O2S2. The first kappa shape index (κ1) is 18.8. The van der Waals surface area contributed by atoms with Crippen molar-refractivity contribution in [3.05, 3.63) is 50.1 Å². The van der Waals surface area contributed by atoms with E-state index in [9.17, 15) is 9.59 Å². The smallest absolute Gasteiger partial charge is 0.308 e. The van der Waals surface area contributed by atoms with Gasteiger partial charge in [0, 0.05) is 23.7 Å². The molecule has 1 amide bonds. The van der Waals surface area contributed by atoms with Gasteiger partial charge in [-0.15, -0.1) is 11.8 Å². The monoisotopic (exact) mass is 365 g/mol. The number of hydrogen-bond acceptors (Lipinski definition) is 5. The van der Waals surface area contributed by atoms with E-state index in [1.165, 1.54) is 4.90 Å². The van der Waals surface area contributed by atoms with Crippen molar-refractivity contribution < 1.29 is 4.79 Å².